The van der Waals surface area contributed by atoms with Crippen LogP contribution in [0.5, 0.6) is 0 Å². The van der Waals surface area contributed by atoms with Gasteiger partial charge in [-0.25, -0.2) is 0 Å². The number of aliphatic hydroxyl groups is 1. The van der Waals surface area contributed by atoms with E-state index in [1.165, 1.54) is 56.9 Å². The van der Waals surface area contributed by atoms with Crippen LogP contribution in [0.4, 0.5) is 0 Å². The van der Waals surface area contributed by atoms with Gasteiger partial charge in [-0.15, -0.1) is 0 Å². The van der Waals surface area contributed by atoms with Crippen LogP contribution in [-0.4, -0.2) is 30.2 Å². The number of hydrogen-bond acceptors (Lipinski definition) is 3. The van der Waals surface area contributed by atoms with Crippen molar-refractivity contribution in [2.75, 3.05) is 7.11 Å². The molecule has 3 nitrogen and oxygen atoms in total. The summed E-state index contributed by atoms with van der Waals surface area (Å²) in [7, 11) is 1.85. The standard InChI is InChI=1S/C33H56O3/c1-7-26(2)17-12-11-13-18-27(3)23-29(5)33(35)25-32(34)28(4)19-14-9-8-10-15-20-30-21-16-22-31(24-30)36-6/h11-13,17-19,27,29-32,34H,7-10,14-16,20-25H2,1-6H3/b12-11+,18-13+,26-17+,28-19+/t27-,29?,30?,31?,32?/m1/s1. The number of Topliss-reactive ketones (excluding diaryl/α,β-unsaturated/α-hetero) is 1. The number of methoxy groups -OCH3 is 1. The van der Waals surface area contributed by atoms with Crippen molar-refractivity contribution in [2.45, 2.75) is 130 Å². The van der Waals surface area contributed by atoms with E-state index >= 15 is 0 Å². The topological polar surface area (TPSA) is 46.5 Å². The molecule has 0 aromatic rings. The molecule has 1 fully saturated rings. The highest BCUT2D eigenvalue weighted by atomic mass is 16.5. The number of allylic oxidation sites excluding steroid dienone is 7. The molecule has 1 N–H and O–H groups in total. The van der Waals surface area contributed by atoms with Gasteiger partial charge in [0.05, 0.1) is 12.2 Å². The molecule has 1 aliphatic rings. The zero-order chi connectivity index (χ0) is 26.8. The van der Waals surface area contributed by atoms with Gasteiger partial charge < -0.3 is 9.84 Å². The molecule has 1 saturated carbocycles. The summed E-state index contributed by atoms with van der Waals surface area (Å²) in [4.78, 5) is 12.7. The number of ketones is 1. The highest BCUT2D eigenvalue weighted by Gasteiger charge is 2.21. The molecule has 0 radical (unpaired) electrons. The van der Waals surface area contributed by atoms with E-state index in [-0.39, 0.29) is 18.1 Å². The van der Waals surface area contributed by atoms with Crippen LogP contribution in [0.15, 0.2) is 47.6 Å². The number of carbonyl (C=O) groups excluding carboxylic acids is 1. The first-order valence-corrected chi connectivity index (χ1v) is 14.7. The fourth-order valence-corrected chi connectivity index (χ4v) is 5.09. The predicted octanol–water partition coefficient (Wildman–Crippen LogP) is 8.93. The highest BCUT2D eigenvalue weighted by Crippen LogP contribution is 2.30. The second kappa shape index (κ2) is 19.6. The average molecular weight is 501 g/mol. The molecule has 0 amide bonds. The van der Waals surface area contributed by atoms with E-state index in [2.05, 4.69) is 51.2 Å². The summed E-state index contributed by atoms with van der Waals surface area (Å²) < 4.78 is 5.55. The van der Waals surface area contributed by atoms with Crippen LogP contribution in [0, 0.1) is 17.8 Å². The van der Waals surface area contributed by atoms with Crippen molar-refractivity contribution in [2.24, 2.45) is 17.8 Å². The molecular weight excluding hydrogens is 444 g/mol. The molecule has 36 heavy (non-hydrogen) atoms. The Kier molecular flexibility index (Phi) is 17.8. The van der Waals surface area contributed by atoms with Gasteiger partial charge in [0.25, 0.3) is 0 Å². The van der Waals surface area contributed by atoms with Crippen molar-refractivity contribution >= 4 is 5.78 Å². The molecule has 1 aliphatic carbocycles. The summed E-state index contributed by atoms with van der Waals surface area (Å²) in [5.41, 5.74) is 2.30. The van der Waals surface area contributed by atoms with Crippen LogP contribution in [0.25, 0.3) is 0 Å². The van der Waals surface area contributed by atoms with E-state index in [9.17, 15) is 9.90 Å². The van der Waals surface area contributed by atoms with Gasteiger partial charge in [0.1, 0.15) is 5.78 Å². The molecule has 0 spiro atoms. The number of carbonyl (C=O) groups is 1. The molecule has 0 aliphatic heterocycles. The maximum absolute atomic E-state index is 12.7. The maximum atomic E-state index is 12.7. The van der Waals surface area contributed by atoms with Crippen molar-refractivity contribution in [1.82, 2.24) is 0 Å². The van der Waals surface area contributed by atoms with Crippen molar-refractivity contribution in [1.29, 1.82) is 0 Å². The van der Waals surface area contributed by atoms with Gasteiger partial charge in [0.15, 0.2) is 0 Å². The zero-order valence-electron chi connectivity index (χ0n) is 24.3. The molecular formula is C33H56O3. The molecule has 0 saturated heterocycles. The molecule has 5 atom stereocenters. The van der Waals surface area contributed by atoms with Gasteiger partial charge in [0.2, 0.25) is 0 Å². The van der Waals surface area contributed by atoms with Crippen LogP contribution < -0.4 is 0 Å². The van der Waals surface area contributed by atoms with Crippen LogP contribution >= 0.6 is 0 Å². The van der Waals surface area contributed by atoms with E-state index < -0.39 is 6.10 Å². The van der Waals surface area contributed by atoms with Gasteiger partial charge in [-0.1, -0.05) is 101 Å². The van der Waals surface area contributed by atoms with Gasteiger partial charge in [-0.05, 0) is 69.8 Å². The summed E-state index contributed by atoms with van der Waals surface area (Å²) in [5.74, 6) is 1.31. The third-order valence-electron chi connectivity index (χ3n) is 7.90. The monoisotopic (exact) mass is 500 g/mol. The minimum Gasteiger partial charge on any atom is -0.388 e. The molecule has 1 rings (SSSR count). The average Bonchev–Trinajstić information content (AvgIpc) is 2.87. The minimum absolute atomic E-state index is 0.0401. The smallest absolute Gasteiger partial charge is 0.138 e. The Morgan fingerprint density at radius 2 is 1.81 bits per heavy atom. The number of unbranched alkanes of at least 4 members (excludes halogenated alkanes) is 4. The Morgan fingerprint density at radius 3 is 2.53 bits per heavy atom. The van der Waals surface area contributed by atoms with Gasteiger partial charge >= 0.3 is 0 Å². The molecule has 0 bridgehead atoms. The number of aliphatic hydroxyl groups excluding tert-OH is 1. The van der Waals surface area contributed by atoms with Crippen molar-refractivity contribution in [3.63, 3.8) is 0 Å². The van der Waals surface area contributed by atoms with E-state index in [0.717, 1.165) is 37.2 Å². The summed E-state index contributed by atoms with van der Waals surface area (Å²) in [6.07, 6.45) is 27.1. The quantitative estimate of drug-likeness (QED) is 0.116. The van der Waals surface area contributed by atoms with Crippen LogP contribution in [0.3, 0.4) is 0 Å². The predicted molar refractivity (Wildman–Crippen MR) is 155 cm³/mol. The van der Waals surface area contributed by atoms with E-state index in [1.807, 2.05) is 27.0 Å². The first kappa shape index (κ1) is 32.6. The minimum atomic E-state index is -0.651. The second-order valence-electron chi connectivity index (χ2n) is 11.3. The Labute approximate surface area is 223 Å². The largest absolute Gasteiger partial charge is 0.388 e. The molecule has 0 aromatic carbocycles. The first-order chi connectivity index (χ1) is 17.3. The van der Waals surface area contributed by atoms with Crippen molar-refractivity contribution in [3.05, 3.63) is 47.6 Å². The van der Waals surface area contributed by atoms with Crippen LogP contribution in [0.2, 0.25) is 0 Å². The summed E-state index contributed by atoms with van der Waals surface area (Å²) in [6, 6.07) is 0. The fourth-order valence-electron chi connectivity index (χ4n) is 5.09. The number of rotatable bonds is 18. The molecule has 4 unspecified atom stereocenters. The van der Waals surface area contributed by atoms with Crippen LogP contribution in [0.1, 0.15) is 118 Å². The van der Waals surface area contributed by atoms with Gasteiger partial charge in [0, 0.05) is 19.4 Å². The zero-order valence-corrected chi connectivity index (χ0v) is 24.3. The van der Waals surface area contributed by atoms with E-state index in [1.54, 1.807) is 0 Å². The van der Waals surface area contributed by atoms with Crippen molar-refractivity contribution in [3.8, 4) is 0 Å². The van der Waals surface area contributed by atoms with Gasteiger partial charge in [-0.3, -0.25) is 4.79 Å². The van der Waals surface area contributed by atoms with Crippen molar-refractivity contribution < 1.29 is 14.6 Å². The lowest BCUT2D eigenvalue weighted by molar-refractivity contribution is -0.124. The lowest BCUT2D eigenvalue weighted by Crippen LogP contribution is -2.21. The van der Waals surface area contributed by atoms with Crippen LogP contribution in [-0.2, 0) is 9.53 Å². The fraction of sp³-hybridized carbons (Fsp3) is 0.727. The molecule has 206 valence electrons. The molecule has 0 aromatic heterocycles. The highest BCUT2D eigenvalue weighted by molar-refractivity contribution is 5.81. The third kappa shape index (κ3) is 15.0. The summed E-state index contributed by atoms with van der Waals surface area (Å²) >= 11 is 0. The third-order valence-corrected chi connectivity index (χ3v) is 7.90. The Morgan fingerprint density at radius 1 is 1.06 bits per heavy atom. The molecule has 3 heteroatoms. The number of hydrogen-bond donors (Lipinski definition) is 1. The van der Waals surface area contributed by atoms with E-state index in [4.69, 9.17) is 4.74 Å². The SMILES string of the molecule is CC/C(C)=C/C=C/C=C/[C@@H](C)CC(C)C(=O)CC(O)/C(C)=C/CCCCCCC1CCCC(OC)C1. The first-order valence-electron chi connectivity index (χ1n) is 14.7. The Hall–Kier alpha value is -1.45. The van der Waals surface area contributed by atoms with E-state index in [0.29, 0.717) is 12.0 Å². The second-order valence-corrected chi connectivity index (χ2v) is 11.3. The lowest BCUT2D eigenvalue weighted by atomic mass is 9.84. The number of ether oxygens (including phenoxy) is 1. The Bertz CT molecular complexity index is 714. The molecule has 0 heterocycles. The summed E-state index contributed by atoms with van der Waals surface area (Å²) in [5, 5.41) is 10.5. The Balaban J connectivity index is 2.22. The normalized spacial score (nSPS) is 22.3. The summed E-state index contributed by atoms with van der Waals surface area (Å²) in [6.45, 7) is 10.4. The van der Waals surface area contributed by atoms with Gasteiger partial charge in [-0.2, -0.15) is 0 Å². The lowest BCUT2D eigenvalue weighted by Gasteiger charge is -2.28. The maximum Gasteiger partial charge on any atom is 0.138 e.